The molecule has 0 fully saturated rings. The molecule has 0 unspecified atom stereocenters. The molecule has 5 nitrogen and oxygen atoms in total. The molecule has 2 rings (SSSR count). The van der Waals surface area contributed by atoms with Crippen LogP contribution in [-0.4, -0.2) is 46.4 Å². The quantitative estimate of drug-likeness (QED) is 0.877. The summed E-state index contributed by atoms with van der Waals surface area (Å²) >= 11 is 1.59. The van der Waals surface area contributed by atoms with Crippen LogP contribution >= 0.6 is 11.3 Å². The van der Waals surface area contributed by atoms with E-state index < -0.39 is 0 Å². The van der Waals surface area contributed by atoms with Gasteiger partial charge in [0.15, 0.2) is 4.96 Å². The molecule has 1 N–H and O–H groups in total. The van der Waals surface area contributed by atoms with Crippen molar-refractivity contribution in [3.8, 4) is 0 Å². The highest BCUT2D eigenvalue weighted by Gasteiger charge is 2.11. The van der Waals surface area contributed by atoms with Crippen molar-refractivity contribution in [2.45, 2.75) is 20.8 Å². The summed E-state index contributed by atoms with van der Waals surface area (Å²) in [4.78, 5) is 20.6. The first kappa shape index (κ1) is 14.0. The van der Waals surface area contributed by atoms with Gasteiger partial charge in [-0.25, -0.2) is 4.98 Å². The molecule has 0 atom stereocenters. The second-order valence-electron chi connectivity index (χ2n) is 4.44. The van der Waals surface area contributed by atoms with E-state index in [4.69, 9.17) is 0 Å². The zero-order valence-corrected chi connectivity index (χ0v) is 12.5. The number of thiazole rings is 1. The number of aryl methyl sites for hydroxylation is 1. The van der Waals surface area contributed by atoms with Crippen LogP contribution in [0.3, 0.4) is 0 Å². The van der Waals surface area contributed by atoms with Gasteiger partial charge in [-0.1, -0.05) is 13.8 Å². The van der Waals surface area contributed by atoms with E-state index in [9.17, 15) is 4.79 Å². The highest BCUT2D eigenvalue weighted by Crippen LogP contribution is 2.16. The fourth-order valence-corrected chi connectivity index (χ4v) is 2.79. The molecule has 1 amide bonds. The number of fused-ring (bicyclic) bond motifs is 1. The molecule has 2 aromatic rings. The molecule has 0 radical (unpaired) electrons. The zero-order chi connectivity index (χ0) is 13.8. The molecule has 2 heterocycles. The third kappa shape index (κ3) is 3.33. The predicted octanol–water partition coefficient (Wildman–Crippen LogP) is 1.78. The molecule has 104 valence electrons. The molecule has 0 saturated heterocycles. The molecule has 2 aromatic heterocycles. The SMILES string of the molecule is CCN(CC)CCNC(=O)c1cn2cc(C)sc2n1. The van der Waals surface area contributed by atoms with Crippen LogP contribution in [0, 0.1) is 6.92 Å². The molecule has 0 aliphatic carbocycles. The molecule has 0 aliphatic rings. The van der Waals surface area contributed by atoms with Crippen molar-refractivity contribution in [2.24, 2.45) is 0 Å². The lowest BCUT2D eigenvalue weighted by molar-refractivity contribution is 0.0944. The van der Waals surface area contributed by atoms with Crippen LogP contribution in [0.1, 0.15) is 29.2 Å². The summed E-state index contributed by atoms with van der Waals surface area (Å²) in [5.41, 5.74) is 0.491. The molecule has 6 heteroatoms. The molecule has 0 saturated carbocycles. The molecular weight excluding hydrogens is 260 g/mol. The summed E-state index contributed by atoms with van der Waals surface area (Å²) < 4.78 is 1.90. The number of nitrogens with one attached hydrogen (secondary N) is 1. The van der Waals surface area contributed by atoms with Crippen molar-refractivity contribution in [1.29, 1.82) is 0 Å². The van der Waals surface area contributed by atoms with Crippen LogP contribution in [0.2, 0.25) is 0 Å². The summed E-state index contributed by atoms with van der Waals surface area (Å²) in [5, 5.41) is 2.91. The van der Waals surface area contributed by atoms with Gasteiger partial charge in [0.05, 0.1) is 0 Å². The smallest absolute Gasteiger partial charge is 0.271 e. The lowest BCUT2D eigenvalue weighted by Gasteiger charge is -2.17. The summed E-state index contributed by atoms with van der Waals surface area (Å²) in [5.74, 6) is -0.0966. The first-order chi connectivity index (χ1) is 9.13. The Balaban J connectivity index is 1.90. The third-order valence-corrected chi connectivity index (χ3v) is 4.02. The topological polar surface area (TPSA) is 49.6 Å². The predicted molar refractivity (Wildman–Crippen MR) is 77.9 cm³/mol. The number of carbonyl (C=O) groups is 1. The van der Waals surface area contributed by atoms with E-state index in [0.717, 1.165) is 24.6 Å². The number of rotatable bonds is 6. The Morgan fingerprint density at radius 2 is 2.16 bits per heavy atom. The van der Waals surface area contributed by atoms with E-state index in [-0.39, 0.29) is 5.91 Å². The Kier molecular flexibility index (Phi) is 4.55. The van der Waals surface area contributed by atoms with Gasteiger partial charge < -0.3 is 10.2 Å². The summed E-state index contributed by atoms with van der Waals surface area (Å²) in [7, 11) is 0. The van der Waals surface area contributed by atoms with Gasteiger partial charge in [-0.2, -0.15) is 0 Å². The van der Waals surface area contributed by atoms with E-state index in [2.05, 4.69) is 29.0 Å². The Morgan fingerprint density at radius 3 is 2.79 bits per heavy atom. The fourth-order valence-electron chi connectivity index (χ4n) is 1.98. The van der Waals surface area contributed by atoms with Gasteiger partial charge in [-0.15, -0.1) is 11.3 Å². The zero-order valence-electron chi connectivity index (χ0n) is 11.6. The molecular formula is C13H20N4OS. The molecule has 0 bridgehead atoms. The maximum absolute atomic E-state index is 12.0. The van der Waals surface area contributed by atoms with Crippen LogP contribution < -0.4 is 5.32 Å². The van der Waals surface area contributed by atoms with E-state index in [1.807, 2.05) is 17.5 Å². The highest BCUT2D eigenvalue weighted by atomic mass is 32.1. The molecule has 19 heavy (non-hydrogen) atoms. The minimum Gasteiger partial charge on any atom is -0.349 e. The first-order valence-corrected chi connectivity index (χ1v) is 7.41. The second-order valence-corrected chi connectivity index (χ2v) is 5.65. The van der Waals surface area contributed by atoms with Gasteiger partial charge in [-0.05, 0) is 20.0 Å². The van der Waals surface area contributed by atoms with Crippen molar-refractivity contribution in [3.63, 3.8) is 0 Å². The van der Waals surface area contributed by atoms with Crippen molar-refractivity contribution in [1.82, 2.24) is 19.6 Å². The van der Waals surface area contributed by atoms with Gasteiger partial charge in [0, 0.05) is 30.4 Å². The monoisotopic (exact) mass is 280 g/mol. The number of amides is 1. The van der Waals surface area contributed by atoms with Gasteiger partial charge >= 0.3 is 0 Å². The van der Waals surface area contributed by atoms with Crippen LogP contribution in [0.4, 0.5) is 0 Å². The van der Waals surface area contributed by atoms with Gasteiger partial charge in [0.1, 0.15) is 5.69 Å². The maximum Gasteiger partial charge on any atom is 0.271 e. The van der Waals surface area contributed by atoms with E-state index in [1.54, 1.807) is 17.5 Å². The molecule has 0 spiro atoms. The van der Waals surface area contributed by atoms with Crippen molar-refractivity contribution in [2.75, 3.05) is 26.2 Å². The van der Waals surface area contributed by atoms with E-state index >= 15 is 0 Å². The number of hydrogen-bond donors (Lipinski definition) is 1. The summed E-state index contributed by atoms with van der Waals surface area (Å²) in [6.45, 7) is 9.82. The molecule has 0 aliphatic heterocycles. The Hall–Kier alpha value is -1.40. The van der Waals surface area contributed by atoms with Crippen molar-refractivity contribution < 1.29 is 4.79 Å². The number of likely N-dealkylation sites (N-methyl/N-ethyl adjacent to an activating group) is 1. The standard InChI is InChI=1S/C13H20N4OS/c1-4-16(5-2)7-6-14-12(18)11-9-17-8-10(3)19-13(17)15-11/h8-9H,4-7H2,1-3H3,(H,14,18). The minimum atomic E-state index is -0.0966. The highest BCUT2D eigenvalue weighted by molar-refractivity contribution is 7.17. The summed E-state index contributed by atoms with van der Waals surface area (Å²) in [6.07, 6.45) is 3.77. The average Bonchev–Trinajstić information content (AvgIpc) is 2.91. The van der Waals surface area contributed by atoms with E-state index in [1.165, 1.54) is 4.88 Å². The van der Waals surface area contributed by atoms with E-state index in [0.29, 0.717) is 12.2 Å². The Morgan fingerprint density at radius 1 is 1.42 bits per heavy atom. The number of imidazole rings is 1. The Labute approximate surface area is 117 Å². The van der Waals surface area contributed by atoms with Gasteiger partial charge in [0.2, 0.25) is 0 Å². The second kappa shape index (κ2) is 6.16. The minimum absolute atomic E-state index is 0.0966. The van der Waals surface area contributed by atoms with Gasteiger partial charge in [0.25, 0.3) is 5.91 Å². The third-order valence-electron chi connectivity index (χ3n) is 3.11. The van der Waals surface area contributed by atoms with Crippen LogP contribution in [0.5, 0.6) is 0 Å². The maximum atomic E-state index is 12.0. The average molecular weight is 280 g/mol. The number of aromatic nitrogens is 2. The normalized spacial score (nSPS) is 11.4. The van der Waals surface area contributed by atoms with Crippen molar-refractivity contribution >= 4 is 22.2 Å². The summed E-state index contributed by atoms with van der Waals surface area (Å²) in [6, 6.07) is 0. The first-order valence-electron chi connectivity index (χ1n) is 6.59. The van der Waals surface area contributed by atoms with Crippen molar-refractivity contribution in [3.05, 3.63) is 23.0 Å². The van der Waals surface area contributed by atoms with Crippen LogP contribution in [0.25, 0.3) is 4.96 Å². The number of carbonyl (C=O) groups excluding carboxylic acids is 1. The fraction of sp³-hybridized carbons (Fsp3) is 0.538. The van der Waals surface area contributed by atoms with Crippen LogP contribution in [0.15, 0.2) is 12.4 Å². The van der Waals surface area contributed by atoms with Crippen LogP contribution in [-0.2, 0) is 0 Å². The Bertz CT molecular complexity index is 524. The number of hydrogen-bond acceptors (Lipinski definition) is 4. The molecule has 0 aromatic carbocycles. The number of nitrogens with zero attached hydrogens (tertiary/aromatic N) is 3. The largest absolute Gasteiger partial charge is 0.349 e. The van der Waals surface area contributed by atoms with Gasteiger partial charge in [-0.3, -0.25) is 9.20 Å². The lowest BCUT2D eigenvalue weighted by atomic mass is 10.4. The lowest BCUT2D eigenvalue weighted by Crippen LogP contribution is -2.34.